The molecule has 4 aromatic rings. The van der Waals surface area contributed by atoms with Gasteiger partial charge < -0.3 is 0 Å². The van der Waals surface area contributed by atoms with Crippen molar-refractivity contribution in [1.29, 1.82) is 0 Å². The van der Waals surface area contributed by atoms with E-state index in [-0.39, 0.29) is 10.6 Å². The summed E-state index contributed by atoms with van der Waals surface area (Å²) >= 11 is 0. The fraction of sp³-hybridized carbons (Fsp3) is 0. The third-order valence-electron chi connectivity index (χ3n) is 4.69. The summed E-state index contributed by atoms with van der Waals surface area (Å²) in [5.74, 6) is 0. The van der Waals surface area contributed by atoms with Crippen molar-refractivity contribution in [2.45, 2.75) is 0 Å². The van der Waals surface area contributed by atoms with Crippen molar-refractivity contribution >= 4 is 27.2 Å². The monoisotopic (exact) mass is 297 g/mol. The summed E-state index contributed by atoms with van der Waals surface area (Å²) < 4.78 is 0. The molecule has 1 aliphatic rings. The van der Waals surface area contributed by atoms with E-state index >= 15 is 0 Å². The molecule has 0 atom stereocenters. The summed E-state index contributed by atoms with van der Waals surface area (Å²) in [7, 11) is 0. The fourth-order valence-electron chi connectivity index (χ4n) is 3.76. The molecule has 0 radical (unpaired) electrons. The molecule has 0 spiro atoms. The molecule has 0 amide bonds. The van der Waals surface area contributed by atoms with Crippen LogP contribution in [0.1, 0.15) is 0 Å². The van der Waals surface area contributed by atoms with Gasteiger partial charge in [-0.15, -0.1) is 0 Å². The fourth-order valence-corrected chi connectivity index (χ4v) is 3.76. The van der Waals surface area contributed by atoms with Crippen LogP contribution in [0.15, 0.2) is 66.7 Å². The number of nitrogens with zero attached hydrogens (tertiary/aromatic N) is 1. The molecule has 0 bridgehead atoms. The van der Waals surface area contributed by atoms with Gasteiger partial charge in [-0.25, -0.2) is 0 Å². The summed E-state index contributed by atoms with van der Waals surface area (Å²) in [6.45, 7) is 0. The third-order valence-corrected chi connectivity index (χ3v) is 4.69. The number of hydrogen-bond acceptors (Lipinski definition) is 2. The molecule has 0 N–H and O–H groups in total. The van der Waals surface area contributed by atoms with E-state index in [0.29, 0.717) is 0 Å². The van der Waals surface area contributed by atoms with E-state index < -0.39 is 0 Å². The predicted molar refractivity (Wildman–Crippen MR) is 92.5 cm³/mol. The summed E-state index contributed by atoms with van der Waals surface area (Å²) in [6, 6.07) is 21.7. The molecule has 0 aromatic heterocycles. The Morgan fingerprint density at radius 1 is 0.696 bits per heavy atom. The lowest BCUT2D eigenvalue weighted by Crippen LogP contribution is -1.91. The van der Waals surface area contributed by atoms with Crippen molar-refractivity contribution in [2.24, 2.45) is 0 Å². The normalized spacial score (nSPS) is 11.8. The Hall–Kier alpha value is -3.20. The van der Waals surface area contributed by atoms with Crippen LogP contribution in [-0.2, 0) is 0 Å². The van der Waals surface area contributed by atoms with Crippen LogP contribution >= 0.6 is 0 Å². The van der Waals surface area contributed by atoms with Gasteiger partial charge in [0.15, 0.2) is 0 Å². The quantitative estimate of drug-likeness (QED) is 0.231. The van der Waals surface area contributed by atoms with Gasteiger partial charge in [-0.3, -0.25) is 10.1 Å². The van der Waals surface area contributed by atoms with Crippen LogP contribution in [0.4, 0.5) is 5.69 Å². The second-order valence-electron chi connectivity index (χ2n) is 5.83. The zero-order valence-electron chi connectivity index (χ0n) is 12.1. The Labute approximate surface area is 131 Å². The van der Waals surface area contributed by atoms with Crippen LogP contribution in [0, 0.1) is 10.1 Å². The highest BCUT2D eigenvalue weighted by Crippen LogP contribution is 2.51. The van der Waals surface area contributed by atoms with E-state index in [4.69, 9.17) is 0 Å². The molecule has 0 aliphatic heterocycles. The smallest absolute Gasteiger partial charge is 0.258 e. The second-order valence-corrected chi connectivity index (χ2v) is 5.83. The van der Waals surface area contributed by atoms with E-state index in [9.17, 15) is 10.1 Å². The molecule has 5 rings (SSSR count). The van der Waals surface area contributed by atoms with E-state index in [1.807, 2.05) is 42.5 Å². The first kappa shape index (κ1) is 12.4. The van der Waals surface area contributed by atoms with Gasteiger partial charge in [-0.2, -0.15) is 0 Å². The Morgan fingerprint density at radius 2 is 1.39 bits per heavy atom. The van der Waals surface area contributed by atoms with Crippen LogP contribution in [0.2, 0.25) is 0 Å². The first-order valence-corrected chi connectivity index (χ1v) is 7.48. The minimum absolute atomic E-state index is 0.176. The average molecular weight is 297 g/mol. The maximum absolute atomic E-state index is 11.6. The first-order chi connectivity index (χ1) is 11.3. The number of nitro benzene ring substituents is 1. The molecule has 0 unspecified atom stereocenters. The van der Waals surface area contributed by atoms with Gasteiger partial charge in [0, 0.05) is 11.5 Å². The Kier molecular flexibility index (Phi) is 2.24. The molecule has 23 heavy (non-hydrogen) atoms. The molecule has 4 aromatic carbocycles. The van der Waals surface area contributed by atoms with Crippen LogP contribution < -0.4 is 0 Å². The summed E-state index contributed by atoms with van der Waals surface area (Å²) in [5.41, 5.74) is 4.65. The Morgan fingerprint density at radius 3 is 2.17 bits per heavy atom. The highest BCUT2D eigenvalue weighted by atomic mass is 16.6. The van der Waals surface area contributed by atoms with Gasteiger partial charge >= 0.3 is 0 Å². The number of nitro groups is 1. The van der Waals surface area contributed by atoms with Gasteiger partial charge in [0.1, 0.15) is 0 Å². The molecule has 0 fully saturated rings. The van der Waals surface area contributed by atoms with Crippen LogP contribution in [0.25, 0.3) is 43.8 Å². The average Bonchev–Trinajstić information content (AvgIpc) is 2.90. The number of non-ortho nitro benzene ring substituents is 1. The predicted octanol–water partition coefficient (Wildman–Crippen LogP) is 5.55. The highest BCUT2D eigenvalue weighted by molar-refractivity contribution is 6.25. The molecule has 3 heteroatoms. The summed E-state index contributed by atoms with van der Waals surface area (Å²) in [5, 5.41) is 15.3. The number of rotatable bonds is 1. The largest absolute Gasteiger partial charge is 0.277 e. The topological polar surface area (TPSA) is 43.1 Å². The Bertz CT molecular complexity index is 1150. The second kappa shape index (κ2) is 4.17. The lowest BCUT2D eigenvalue weighted by atomic mass is 9.95. The zero-order chi connectivity index (χ0) is 15.6. The van der Waals surface area contributed by atoms with Crippen molar-refractivity contribution in [2.75, 3.05) is 0 Å². The van der Waals surface area contributed by atoms with Gasteiger partial charge in [0.25, 0.3) is 5.69 Å². The molecule has 1 aliphatic carbocycles. The van der Waals surface area contributed by atoms with Crippen molar-refractivity contribution in [3.63, 3.8) is 0 Å². The molecular weight excluding hydrogens is 286 g/mol. The molecule has 0 heterocycles. The molecular formula is C20H11NO2. The van der Waals surface area contributed by atoms with Crippen molar-refractivity contribution in [3.05, 3.63) is 76.8 Å². The van der Waals surface area contributed by atoms with Crippen LogP contribution in [0.3, 0.4) is 0 Å². The standard InChI is InChI=1S/C20H11NO2/c22-21(23)18-10-9-16-14-7-3-4-8-15(14)17-11-12-5-1-2-6-13(12)20(18)19(16)17/h1-11H. The van der Waals surface area contributed by atoms with Crippen LogP contribution in [0.5, 0.6) is 0 Å². The van der Waals surface area contributed by atoms with Crippen molar-refractivity contribution < 1.29 is 4.92 Å². The summed E-state index contributed by atoms with van der Waals surface area (Å²) in [6.07, 6.45) is 0. The van der Waals surface area contributed by atoms with Gasteiger partial charge in [-0.05, 0) is 45.2 Å². The van der Waals surface area contributed by atoms with Gasteiger partial charge in [0.05, 0.1) is 10.3 Å². The number of hydrogen-bond donors (Lipinski definition) is 0. The maximum atomic E-state index is 11.6. The van der Waals surface area contributed by atoms with E-state index in [1.54, 1.807) is 6.07 Å². The molecule has 3 nitrogen and oxygen atoms in total. The first-order valence-electron chi connectivity index (χ1n) is 7.48. The third kappa shape index (κ3) is 1.48. The lowest BCUT2D eigenvalue weighted by Gasteiger charge is -2.08. The maximum Gasteiger partial charge on any atom is 0.277 e. The van der Waals surface area contributed by atoms with E-state index in [0.717, 1.165) is 43.8 Å². The molecule has 0 saturated carbocycles. The van der Waals surface area contributed by atoms with Crippen LogP contribution in [-0.4, -0.2) is 4.92 Å². The minimum Gasteiger partial charge on any atom is -0.258 e. The Balaban J connectivity index is 2.12. The number of benzene rings is 4. The summed E-state index contributed by atoms with van der Waals surface area (Å²) in [4.78, 5) is 11.3. The minimum atomic E-state index is -0.279. The lowest BCUT2D eigenvalue weighted by molar-refractivity contribution is -0.383. The molecule has 108 valence electrons. The van der Waals surface area contributed by atoms with E-state index in [1.165, 1.54) is 0 Å². The van der Waals surface area contributed by atoms with Gasteiger partial charge in [-0.1, -0.05) is 48.5 Å². The highest BCUT2D eigenvalue weighted by Gasteiger charge is 2.26. The number of fused-ring (bicyclic) bond motifs is 5. The molecule has 0 saturated heterocycles. The van der Waals surface area contributed by atoms with Crippen molar-refractivity contribution in [3.8, 4) is 22.3 Å². The van der Waals surface area contributed by atoms with Gasteiger partial charge in [0.2, 0.25) is 0 Å². The van der Waals surface area contributed by atoms with Crippen molar-refractivity contribution in [1.82, 2.24) is 0 Å². The van der Waals surface area contributed by atoms with E-state index in [2.05, 4.69) is 18.2 Å². The zero-order valence-corrected chi connectivity index (χ0v) is 12.1. The SMILES string of the molecule is O=[N+]([O-])c1ccc2c3c(cc4ccccc4c13)-c1ccccc1-2.